The molecule has 0 atom stereocenters. The lowest BCUT2D eigenvalue weighted by Crippen LogP contribution is -2.38. The monoisotopic (exact) mass is 363 g/mol. The number of rotatable bonds is 5. The molecule has 1 fully saturated rings. The highest BCUT2D eigenvalue weighted by atomic mass is 35.5. The predicted molar refractivity (Wildman–Crippen MR) is 97.7 cm³/mol. The molecule has 0 saturated carbocycles. The molecule has 1 aliphatic rings. The second-order valence-electron chi connectivity index (χ2n) is 6.33. The summed E-state index contributed by atoms with van der Waals surface area (Å²) in [7, 11) is -3.43. The number of aryl methyl sites for hydroxylation is 1. The van der Waals surface area contributed by atoms with E-state index in [1.165, 1.54) is 11.6 Å². The zero-order chi connectivity index (χ0) is 17.0. The SMILES string of the molecule is O=S(=O)(c1cccc(Cl)c1)N1CCC(CCc2ccccc2)CC1. The Labute approximate surface area is 149 Å². The number of sulfonamides is 1. The van der Waals surface area contributed by atoms with Crippen molar-refractivity contribution >= 4 is 21.6 Å². The maximum Gasteiger partial charge on any atom is 0.243 e. The molecule has 3 nitrogen and oxygen atoms in total. The van der Waals surface area contributed by atoms with E-state index in [4.69, 9.17) is 11.6 Å². The van der Waals surface area contributed by atoms with Gasteiger partial charge < -0.3 is 0 Å². The van der Waals surface area contributed by atoms with Crippen LogP contribution in [0.2, 0.25) is 5.02 Å². The van der Waals surface area contributed by atoms with Crippen molar-refractivity contribution in [2.24, 2.45) is 5.92 Å². The van der Waals surface area contributed by atoms with Gasteiger partial charge in [-0.05, 0) is 55.4 Å². The zero-order valence-electron chi connectivity index (χ0n) is 13.6. The number of hydrogen-bond acceptors (Lipinski definition) is 2. The van der Waals surface area contributed by atoms with Gasteiger partial charge in [0.1, 0.15) is 0 Å². The fourth-order valence-electron chi connectivity index (χ4n) is 3.23. The van der Waals surface area contributed by atoms with Gasteiger partial charge in [-0.3, -0.25) is 0 Å². The Hall–Kier alpha value is -1.36. The van der Waals surface area contributed by atoms with Crippen molar-refractivity contribution < 1.29 is 8.42 Å². The highest BCUT2D eigenvalue weighted by Crippen LogP contribution is 2.27. The minimum atomic E-state index is -3.43. The van der Waals surface area contributed by atoms with Gasteiger partial charge in [0.15, 0.2) is 0 Å². The zero-order valence-corrected chi connectivity index (χ0v) is 15.1. The Morgan fingerprint density at radius 2 is 1.71 bits per heavy atom. The highest BCUT2D eigenvalue weighted by Gasteiger charge is 2.29. The van der Waals surface area contributed by atoms with E-state index in [2.05, 4.69) is 24.3 Å². The van der Waals surface area contributed by atoms with Gasteiger partial charge in [0.05, 0.1) is 4.90 Å². The molecule has 0 aliphatic carbocycles. The van der Waals surface area contributed by atoms with Gasteiger partial charge in [-0.15, -0.1) is 0 Å². The molecule has 2 aromatic rings. The number of piperidine rings is 1. The van der Waals surface area contributed by atoms with Gasteiger partial charge in [-0.25, -0.2) is 8.42 Å². The summed E-state index contributed by atoms with van der Waals surface area (Å²) in [6.07, 6.45) is 4.03. The molecule has 0 bridgehead atoms. The van der Waals surface area contributed by atoms with E-state index in [9.17, 15) is 8.42 Å². The average molecular weight is 364 g/mol. The van der Waals surface area contributed by atoms with Crippen LogP contribution < -0.4 is 0 Å². The number of halogens is 1. The fraction of sp³-hybridized carbons (Fsp3) is 0.368. The van der Waals surface area contributed by atoms with Crippen LogP contribution in [-0.2, 0) is 16.4 Å². The third kappa shape index (κ3) is 4.18. The van der Waals surface area contributed by atoms with Crippen molar-refractivity contribution in [1.82, 2.24) is 4.31 Å². The minimum Gasteiger partial charge on any atom is -0.207 e. The molecule has 24 heavy (non-hydrogen) atoms. The molecule has 128 valence electrons. The summed E-state index contributed by atoms with van der Waals surface area (Å²) in [5.74, 6) is 0.594. The summed E-state index contributed by atoms with van der Waals surface area (Å²) in [4.78, 5) is 0.290. The van der Waals surface area contributed by atoms with Crippen molar-refractivity contribution in [2.45, 2.75) is 30.6 Å². The minimum absolute atomic E-state index is 0.290. The maximum absolute atomic E-state index is 12.7. The molecule has 2 aromatic carbocycles. The Bertz CT molecular complexity index is 769. The van der Waals surface area contributed by atoms with Crippen LogP contribution in [0.5, 0.6) is 0 Å². The lowest BCUT2D eigenvalue weighted by Gasteiger charge is -2.31. The van der Waals surface area contributed by atoms with Crippen LogP contribution >= 0.6 is 11.6 Å². The van der Waals surface area contributed by atoms with Crippen LogP contribution in [-0.4, -0.2) is 25.8 Å². The molecular formula is C19H22ClNO2S. The molecule has 0 aromatic heterocycles. The number of hydrogen-bond donors (Lipinski definition) is 0. The van der Waals surface area contributed by atoms with Gasteiger partial charge in [-0.2, -0.15) is 4.31 Å². The number of benzene rings is 2. The largest absolute Gasteiger partial charge is 0.243 e. The van der Waals surface area contributed by atoms with Gasteiger partial charge >= 0.3 is 0 Å². The van der Waals surface area contributed by atoms with E-state index < -0.39 is 10.0 Å². The molecule has 0 spiro atoms. The Kier molecular flexibility index (Phi) is 5.59. The molecule has 1 heterocycles. The molecule has 0 N–H and O–H groups in total. The van der Waals surface area contributed by atoms with Crippen molar-refractivity contribution in [3.63, 3.8) is 0 Å². The lowest BCUT2D eigenvalue weighted by molar-refractivity contribution is 0.263. The van der Waals surface area contributed by atoms with Gasteiger partial charge in [-0.1, -0.05) is 48.0 Å². The Morgan fingerprint density at radius 1 is 1.00 bits per heavy atom. The van der Waals surface area contributed by atoms with Crippen molar-refractivity contribution in [3.8, 4) is 0 Å². The quantitative estimate of drug-likeness (QED) is 0.790. The molecule has 5 heteroatoms. The molecule has 0 radical (unpaired) electrons. The van der Waals surface area contributed by atoms with E-state index in [-0.39, 0.29) is 4.90 Å². The summed E-state index contributed by atoms with van der Waals surface area (Å²) >= 11 is 5.93. The van der Waals surface area contributed by atoms with Crippen LogP contribution in [0.25, 0.3) is 0 Å². The molecule has 0 amide bonds. The van der Waals surface area contributed by atoms with Crippen LogP contribution in [0, 0.1) is 5.92 Å². The van der Waals surface area contributed by atoms with Crippen molar-refractivity contribution in [3.05, 3.63) is 65.2 Å². The second-order valence-corrected chi connectivity index (χ2v) is 8.70. The average Bonchev–Trinajstić information content (AvgIpc) is 2.61. The van der Waals surface area contributed by atoms with E-state index in [0.29, 0.717) is 24.0 Å². The summed E-state index contributed by atoms with van der Waals surface area (Å²) in [5.41, 5.74) is 1.35. The lowest BCUT2D eigenvalue weighted by atomic mass is 9.91. The first-order chi connectivity index (χ1) is 11.6. The maximum atomic E-state index is 12.7. The normalized spacial score (nSPS) is 17.0. The van der Waals surface area contributed by atoms with Gasteiger partial charge in [0, 0.05) is 18.1 Å². The fourth-order valence-corrected chi connectivity index (χ4v) is 5.00. The van der Waals surface area contributed by atoms with Crippen LogP contribution in [0.15, 0.2) is 59.5 Å². The predicted octanol–water partition coefficient (Wildman–Crippen LogP) is 4.37. The summed E-state index contributed by atoms with van der Waals surface area (Å²) in [6.45, 7) is 1.18. The van der Waals surface area contributed by atoms with Crippen LogP contribution in [0.4, 0.5) is 0 Å². The summed E-state index contributed by atoms with van der Waals surface area (Å²) < 4.78 is 27.0. The Balaban J connectivity index is 1.56. The van der Waals surface area contributed by atoms with Gasteiger partial charge in [0.2, 0.25) is 10.0 Å². The molecule has 3 rings (SSSR count). The smallest absolute Gasteiger partial charge is 0.207 e. The molecule has 0 unspecified atom stereocenters. The molecule has 1 saturated heterocycles. The first-order valence-corrected chi connectivity index (χ1v) is 10.2. The molecular weight excluding hydrogens is 342 g/mol. The highest BCUT2D eigenvalue weighted by molar-refractivity contribution is 7.89. The van der Waals surface area contributed by atoms with E-state index in [1.54, 1.807) is 22.5 Å². The topological polar surface area (TPSA) is 37.4 Å². The third-order valence-electron chi connectivity index (χ3n) is 4.69. The second kappa shape index (κ2) is 7.68. The van der Waals surface area contributed by atoms with E-state index in [0.717, 1.165) is 25.7 Å². The Morgan fingerprint density at radius 3 is 2.38 bits per heavy atom. The van der Waals surface area contributed by atoms with Crippen LogP contribution in [0.3, 0.4) is 0 Å². The van der Waals surface area contributed by atoms with E-state index in [1.807, 2.05) is 6.07 Å². The first-order valence-electron chi connectivity index (χ1n) is 8.35. The third-order valence-corrected chi connectivity index (χ3v) is 6.82. The van der Waals surface area contributed by atoms with Crippen molar-refractivity contribution in [1.29, 1.82) is 0 Å². The molecule has 1 aliphatic heterocycles. The van der Waals surface area contributed by atoms with Crippen molar-refractivity contribution in [2.75, 3.05) is 13.1 Å². The van der Waals surface area contributed by atoms with Crippen LogP contribution in [0.1, 0.15) is 24.8 Å². The van der Waals surface area contributed by atoms with E-state index >= 15 is 0 Å². The summed E-state index contributed by atoms with van der Waals surface area (Å²) in [6, 6.07) is 17.0. The standard InChI is InChI=1S/C19H22ClNO2S/c20-18-7-4-8-19(15-18)24(22,23)21-13-11-17(12-14-21)10-9-16-5-2-1-3-6-16/h1-8,15,17H,9-14H2. The summed E-state index contributed by atoms with van der Waals surface area (Å²) in [5, 5.41) is 0.453. The number of nitrogens with zero attached hydrogens (tertiary/aromatic N) is 1. The van der Waals surface area contributed by atoms with Gasteiger partial charge in [0.25, 0.3) is 0 Å². The first kappa shape index (κ1) is 17.5.